The molecule has 0 aliphatic carbocycles. The SMILES string of the molecule is CC[Si](CC)(CC)O[C@@H](CNCC(C(=O)N(C)C)c1ccc(OC)c(OC)c1)c1ccc(OCc2ccccc2)c(NS(C)(=O)=O)c1. The van der Waals surface area contributed by atoms with Crippen molar-refractivity contribution in [2.45, 2.75) is 57.5 Å². The Labute approximate surface area is 281 Å². The van der Waals surface area contributed by atoms with E-state index < -0.39 is 30.4 Å². The van der Waals surface area contributed by atoms with Gasteiger partial charge in [-0.15, -0.1) is 0 Å². The van der Waals surface area contributed by atoms with Crippen molar-refractivity contribution in [1.82, 2.24) is 10.2 Å². The Bertz CT molecular complexity index is 1540. The zero-order valence-corrected chi connectivity index (χ0v) is 30.8. The number of ether oxygens (including phenoxy) is 3. The Morgan fingerprint density at radius 1 is 0.830 bits per heavy atom. The first-order chi connectivity index (χ1) is 22.4. The fourth-order valence-electron chi connectivity index (χ4n) is 5.51. The van der Waals surface area contributed by atoms with Gasteiger partial charge in [0, 0.05) is 27.2 Å². The van der Waals surface area contributed by atoms with Crippen LogP contribution in [0.25, 0.3) is 0 Å². The van der Waals surface area contributed by atoms with Gasteiger partial charge < -0.3 is 28.9 Å². The molecule has 0 heterocycles. The van der Waals surface area contributed by atoms with E-state index in [2.05, 4.69) is 30.8 Å². The van der Waals surface area contributed by atoms with E-state index >= 15 is 0 Å². The molecule has 10 nitrogen and oxygen atoms in total. The van der Waals surface area contributed by atoms with E-state index in [-0.39, 0.29) is 12.5 Å². The molecule has 0 saturated carbocycles. The van der Waals surface area contributed by atoms with Crippen molar-refractivity contribution in [3.8, 4) is 17.2 Å². The highest BCUT2D eigenvalue weighted by molar-refractivity contribution is 7.92. The van der Waals surface area contributed by atoms with Crippen LogP contribution in [0.2, 0.25) is 18.1 Å². The van der Waals surface area contributed by atoms with Gasteiger partial charge in [-0.05, 0) is 59.1 Å². The Morgan fingerprint density at radius 3 is 2.02 bits per heavy atom. The summed E-state index contributed by atoms with van der Waals surface area (Å²) in [4.78, 5) is 15.0. The average molecular weight is 686 g/mol. The van der Waals surface area contributed by atoms with Crippen LogP contribution in [0.5, 0.6) is 17.2 Å². The third kappa shape index (κ3) is 10.7. The molecule has 0 spiro atoms. The van der Waals surface area contributed by atoms with E-state index in [1.807, 2.05) is 48.5 Å². The van der Waals surface area contributed by atoms with Gasteiger partial charge in [-0.1, -0.05) is 63.2 Å². The fraction of sp³-hybridized carbons (Fsp3) is 0.457. The quantitative estimate of drug-likeness (QED) is 0.144. The number of hydrogen-bond acceptors (Lipinski definition) is 8. The van der Waals surface area contributed by atoms with Gasteiger partial charge >= 0.3 is 0 Å². The standard InChI is InChI=1S/C35H51N3O7SSi/c1-9-47(10-2,11-3)45-34(24-36-23-29(35(39)38(4)5)27-17-20-32(42-6)33(22-27)43-7)28-18-19-31(30(21-28)37-46(8,40)41)44-25-26-15-13-12-14-16-26/h12-22,29,34,36-37H,9-11,23-25H2,1-8H3/t29?,34-/m0/s1. The number of benzene rings is 3. The molecule has 3 aromatic rings. The molecule has 0 aromatic heterocycles. The summed E-state index contributed by atoms with van der Waals surface area (Å²) in [5, 5.41) is 3.52. The lowest BCUT2D eigenvalue weighted by Gasteiger charge is -2.34. The second-order valence-electron chi connectivity index (χ2n) is 11.8. The predicted octanol–water partition coefficient (Wildman–Crippen LogP) is 6.18. The highest BCUT2D eigenvalue weighted by Crippen LogP contribution is 2.35. The van der Waals surface area contributed by atoms with Crippen molar-refractivity contribution < 1.29 is 31.8 Å². The molecule has 0 bridgehead atoms. The van der Waals surface area contributed by atoms with Crippen LogP contribution in [-0.2, 0) is 25.9 Å². The minimum atomic E-state index is -3.60. The minimum Gasteiger partial charge on any atom is -0.493 e. The van der Waals surface area contributed by atoms with Gasteiger partial charge in [0.25, 0.3) is 0 Å². The number of likely N-dealkylation sites (N-methyl/N-ethyl adjacent to an activating group) is 1. The summed E-state index contributed by atoms with van der Waals surface area (Å²) in [6.45, 7) is 7.55. The highest BCUT2D eigenvalue weighted by Gasteiger charge is 2.33. The molecule has 258 valence electrons. The Balaban J connectivity index is 1.96. The van der Waals surface area contributed by atoms with E-state index in [0.717, 1.165) is 41.1 Å². The molecule has 0 aliphatic heterocycles. The van der Waals surface area contributed by atoms with Gasteiger partial charge in [0.1, 0.15) is 12.4 Å². The second-order valence-corrected chi connectivity index (χ2v) is 18.3. The lowest BCUT2D eigenvalue weighted by atomic mass is 9.96. The number of sulfonamides is 1. The van der Waals surface area contributed by atoms with Gasteiger partial charge in [-0.3, -0.25) is 9.52 Å². The molecule has 2 N–H and O–H groups in total. The molecule has 47 heavy (non-hydrogen) atoms. The van der Waals surface area contributed by atoms with Crippen molar-refractivity contribution in [2.24, 2.45) is 0 Å². The monoisotopic (exact) mass is 685 g/mol. The molecule has 0 aliphatic rings. The van der Waals surface area contributed by atoms with Crippen molar-refractivity contribution in [3.05, 3.63) is 83.4 Å². The molecule has 0 radical (unpaired) electrons. The Morgan fingerprint density at radius 2 is 1.45 bits per heavy atom. The molecule has 1 unspecified atom stereocenters. The Hall–Kier alpha value is -3.58. The maximum Gasteiger partial charge on any atom is 0.230 e. The van der Waals surface area contributed by atoms with Gasteiger partial charge in [-0.25, -0.2) is 8.42 Å². The van der Waals surface area contributed by atoms with E-state index in [9.17, 15) is 13.2 Å². The van der Waals surface area contributed by atoms with Crippen LogP contribution in [0.15, 0.2) is 66.7 Å². The van der Waals surface area contributed by atoms with Crippen molar-refractivity contribution in [3.63, 3.8) is 0 Å². The lowest BCUT2D eigenvalue weighted by molar-refractivity contribution is -0.130. The average Bonchev–Trinajstić information content (AvgIpc) is 3.07. The zero-order chi connectivity index (χ0) is 34.6. The van der Waals surface area contributed by atoms with Crippen LogP contribution in [0.1, 0.15) is 49.5 Å². The first kappa shape index (κ1) is 37.9. The normalized spacial score (nSPS) is 13.0. The number of carbonyl (C=O) groups excluding carboxylic acids is 1. The first-order valence-electron chi connectivity index (χ1n) is 16.0. The van der Waals surface area contributed by atoms with E-state index in [1.165, 1.54) is 0 Å². The molecule has 2 atom stereocenters. The Kier molecular flexibility index (Phi) is 14.1. The molecule has 0 fully saturated rings. The molecule has 1 amide bonds. The van der Waals surface area contributed by atoms with Crippen LogP contribution >= 0.6 is 0 Å². The number of amides is 1. The van der Waals surface area contributed by atoms with Crippen LogP contribution in [-0.4, -0.2) is 75.2 Å². The maximum absolute atomic E-state index is 13.4. The van der Waals surface area contributed by atoms with Crippen molar-refractivity contribution in [2.75, 3.05) is 52.4 Å². The van der Waals surface area contributed by atoms with Crippen molar-refractivity contribution in [1.29, 1.82) is 0 Å². The summed E-state index contributed by atoms with van der Waals surface area (Å²) in [5.74, 6) is 1.01. The summed E-state index contributed by atoms with van der Waals surface area (Å²) in [5.41, 5.74) is 2.92. The molecule has 0 saturated heterocycles. The van der Waals surface area contributed by atoms with Crippen LogP contribution < -0.4 is 24.2 Å². The van der Waals surface area contributed by atoms with Gasteiger partial charge in [0.05, 0.1) is 38.2 Å². The fourth-order valence-corrected chi connectivity index (χ4v) is 8.89. The lowest BCUT2D eigenvalue weighted by Crippen LogP contribution is -2.41. The van der Waals surface area contributed by atoms with Gasteiger partial charge in [0.15, 0.2) is 19.8 Å². The third-order valence-electron chi connectivity index (χ3n) is 8.46. The summed E-state index contributed by atoms with van der Waals surface area (Å²) in [6, 6.07) is 23.6. The number of nitrogens with one attached hydrogen (secondary N) is 2. The molecule has 3 rings (SSSR count). The van der Waals surface area contributed by atoms with Crippen LogP contribution in [0, 0.1) is 0 Å². The maximum atomic E-state index is 13.4. The van der Waals surface area contributed by atoms with E-state index in [4.69, 9.17) is 18.6 Å². The van der Waals surface area contributed by atoms with Crippen LogP contribution in [0.3, 0.4) is 0 Å². The van der Waals surface area contributed by atoms with Crippen molar-refractivity contribution >= 4 is 29.9 Å². The second kappa shape index (κ2) is 17.5. The molecular weight excluding hydrogens is 635 g/mol. The summed E-state index contributed by atoms with van der Waals surface area (Å²) < 4.78 is 51.5. The molecular formula is C35H51N3O7SSi. The largest absolute Gasteiger partial charge is 0.493 e. The number of methoxy groups -OCH3 is 2. The van der Waals surface area contributed by atoms with Gasteiger partial charge in [0.2, 0.25) is 15.9 Å². The first-order valence-corrected chi connectivity index (χ1v) is 20.4. The van der Waals surface area contributed by atoms with E-state index in [1.54, 1.807) is 51.4 Å². The number of carbonyl (C=O) groups is 1. The molecule has 3 aromatic carbocycles. The number of rotatable bonds is 19. The predicted molar refractivity (Wildman–Crippen MR) is 191 cm³/mol. The smallest absolute Gasteiger partial charge is 0.230 e. The summed E-state index contributed by atoms with van der Waals surface area (Å²) in [7, 11) is 0.905. The minimum absolute atomic E-state index is 0.0545. The summed E-state index contributed by atoms with van der Waals surface area (Å²) in [6.07, 6.45) is 0.723. The molecule has 12 heteroatoms. The van der Waals surface area contributed by atoms with Gasteiger partial charge in [-0.2, -0.15) is 0 Å². The topological polar surface area (TPSA) is 115 Å². The number of hydrogen-bond donors (Lipinski definition) is 2. The van der Waals surface area contributed by atoms with E-state index in [0.29, 0.717) is 36.0 Å². The van der Waals surface area contributed by atoms with Crippen LogP contribution in [0.4, 0.5) is 5.69 Å². The highest BCUT2D eigenvalue weighted by atomic mass is 32.2. The number of nitrogens with zero attached hydrogens (tertiary/aromatic N) is 1. The summed E-state index contributed by atoms with van der Waals surface area (Å²) >= 11 is 0. The zero-order valence-electron chi connectivity index (χ0n) is 29.0. The third-order valence-corrected chi connectivity index (χ3v) is 13.7. The number of anilines is 1.